The van der Waals surface area contributed by atoms with Gasteiger partial charge in [0, 0.05) is 31.7 Å². The standard InChI is InChI=1S/C24H30F3NO5/c1-28-23(32)10-5-3-2-4-9-19-20(22(31)14-21(19)30)12-11-17(29)15-33-18-8-6-7-16(13-18)24(25,26)27/h2,4,6-8,11-13,17,19-20,22,29,31H,3,5,9-10,14-15H2,1H3,(H,28,32)/b4-2-,12-11+/t17-,19-,20-,22-/m1/s1. The first kappa shape index (κ1) is 26.6. The van der Waals surface area contributed by atoms with Gasteiger partial charge in [0.05, 0.1) is 11.7 Å². The van der Waals surface area contributed by atoms with Crippen LogP contribution in [0.15, 0.2) is 48.6 Å². The fourth-order valence-electron chi connectivity index (χ4n) is 3.65. The van der Waals surface area contributed by atoms with Crippen LogP contribution in [0.4, 0.5) is 13.2 Å². The van der Waals surface area contributed by atoms with E-state index in [4.69, 9.17) is 4.74 Å². The van der Waals surface area contributed by atoms with Crippen LogP contribution in [-0.4, -0.2) is 47.8 Å². The number of benzene rings is 1. The second-order valence-electron chi connectivity index (χ2n) is 7.98. The molecule has 6 nitrogen and oxygen atoms in total. The van der Waals surface area contributed by atoms with Gasteiger partial charge in [0.1, 0.15) is 24.2 Å². The SMILES string of the molecule is CNC(=O)CCC/C=C\C[C@H]1C(=O)C[C@@H](O)[C@@H]1/C=C/[C@@H](O)COc1cccc(C(F)(F)F)c1. The summed E-state index contributed by atoms with van der Waals surface area (Å²) < 4.78 is 43.6. The van der Waals surface area contributed by atoms with Crippen molar-refractivity contribution >= 4 is 11.7 Å². The van der Waals surface area contributed by atoms with Crippen molar-refractivity contribution in [2.75, 3.05) is 13.7 Å². The van der Waals surface area contributed by atoms with Crippen molar-refractivity contribution in [3.63, 3.8) is 0 Å². The molecular weight excluding hydrogens is 439 g/mol. The highest BCUT2D eigenvalue weighted by Gasteiger charge is 2.39. The van der Waals surface area contributed by atoms with Crippen molar-refractivity contribution in [3.05, 3.63) is 54.1 Å². The van der Waals surface area contributed by atoms with Gasteiger partial charge in [-0.25, -0.2) is 0 Å². The van der Waals surface area contributed by atoms with E-state index in [9.17, 15) is 33.0 Å². The first-order valence-corrected chi connectivity index (χ1v) is 10.8. The number of alkyl halides is 3. The fourth-order valence-corrected chi connectivity index (χ4v) is 3.65. The monoisotopic (exact) mass is 469 g/mol. The van der Waals surface area contributed by atoms with Gasteiger partial charge in [0.25, 0.3) is 0 Å². The lowest BCUT2D eigenvalue weighted by molar-refractivity contribution is -0.137. The van der Waals surface area contributed by atoms with Crippen LogP contribution >= 0.6 is 0 Å². The van der Waals surface area contributed by atoms with Crippen molar-refractivity contribution < 1.29 is 37.7 Å². The van der Waals surface area contributed by atoms with Crippen LogP contribution in [0.25, 0.3) is 0 Å². The molecule has 9 heteroatoms. The summed E-state index contributed by atoms with van der Waals surface area (Å²) in [5.41, 5.74) is -0.845. The summed E-state index contributed by atoms with van der Waals surface area (Å²) in [6, 6.07) is 4.37. The molecule has 0 heterocycles. The van der Waals surface area contributed by atoms with E-state index in [1.165, 1.54) is 18.2 Å². The number of halogens is 3. The molecule has 0 aromatic heterocycles. The van der Waals surface area contributed by atoms with E-state index in [-0.39, 0.29) is 30.5 Å². The maximum atomic E-state index is 12.8. The maximum Gasteiger partial charge on any atom is 0.416 e. The zero-order chi connectivity index (χ0) is 24.4. The van der Waals surface area contributed by atoms with Crippen molar-refractivity contribution in [1.29, 1.82) is 0 Å². The van der Waals surface area contributed by atoms with Gasteiger partial charge >= 0.3 is 6.18 Å². The molecular formula is C24H30F3NO5. The highest BCUT2D eigenvalue weighted by atomic mass is 19.4. The molecule has 3 N–H and O–H groups in total. The fraction of sp³-hybridized carbons (Fsp3) is 0.500. The van der Waals surface area contributed by atoms with E-state index < -0.39 is 35.8 Å². The number of hydrogen-bond donors (Lipinski definition) is 3. The maximum absolute atomic E-state index is 12.8. The minimum atomic E-state index is -4.49. The number of carbonyl (C=O) groups excluding carboxylic acids is 2. The minimum absolute atomic E-state index is 0.0206. The van der Waals surface area contributed by atoms with E-state index in [0.717, 1.165) is 12.1 Å². The Hall–Kier alpha value is -2.65. The Morgan fingerprint density at radius 2 is 2.09 bits per heavy atom. The second kappa shape index (κ2) is 12.6. The summed E-state index contributed by atoms with van der Waals surface area (Å²) in [6.45, 7) is -0.273. The van der Waals surface area contributed by atoms with E-state index >= 15 is 0 Å². The zero-order valence-corrected chi connectivity index (χ0v) is 18.4. The van der Waals surface area contributed by atoms with Crippen molar-refractivity contribution in [3.8, 4) is 5.75 Å². The molecule has 0 bridgehead atoms. The summed E-state index contributed by atoms with van der Waals surface area (Å²) >= 11 is 0. The molecule has 0 aliphatic heterocycles. The number of ketones is 1. The topological polar surface area (TPSA) is 95.9 Å². The van der Waals surface area contributed by atoms with E-state index in [0.29, 0.717) is 25.7 Å². The Morgan fingerprint density at radius 1 is 1.33 bits per heavy atom. The molecule has 1 amide bonds. The van der Waals surface area contributed by atoms with Gasteiger partial charge in [0.2, 0.25) is 5.91 Å². The number of ether oxygens (including phenoxy) is 1. The van der Waals surface area contributed by atoms with Crippen LogP contribution in [0.2, 0.25) is 0 Å². The van der Waals surface area contributed by atoms with E-state index in [2.05, 4.69) is 5.32 Å². The van der Waals surface area contributed by atoms with E-state index in [1.54, 1.807) is 13.1 Å². The van der Waals surface area contributed by atoms with Crippen LogP contribution in [0.3, 0.4) is 0 Å². The number of nitrogens with one attached hydrogen (secondary N) is 1. The molecule has 2 rings (SSSR count). The molecule has 1 aromatic carbocycles. The number of allylic oxidation sites excluding steroid dienone is 2. The van der Waals surface area contributed by atoms with Crippen LogP contribution in [-0.2, 0) is 15.8 Å². The van der Waals surface area contributed by atoms with E-state index in [1.807, 2.05) is 12.2 Å². The lowest BCUT2D eigenvalue weighted by Crippen LogP contribution is -2.20. The number of unbranched alkanes of at least 4 members (excludes halogenated alkanes) is 1. The average molecular weight is 470 g/mol. The number of Topliss-reactive ketones (excluding diaryl/α,β-unsaturated/α-hetero) is 1. The molecule has 1 aliphatic rings. The Bertz CT molecular complexity index is 853. The number of aliphatic hydroxyl groups is 2. The number of hydrogen-bond acceptors (Lipinski definition) is 5. The van der Waals surface area contributed by atoms with Gasteiger partial charge in [-0.05, 0) is 37.5 Å². The summed E-state index contributed by atoms with van der Waals surface area (Å²) in [6.07, 6.45) is 2.52. The average Bonchev–Trinajstić information content (AvgIpc) is 3.04. The highest BCUT2D eigenvalue weighted by molar-refractivity contribution is 5.84. The molecule has 4 atom stereocenters. The third kappa shape index (κ3) is 8.66. The van der Waals surface area contributed by atoms with Crippen LogP contribution in [0.1, 0.15) is 37.7 Å². The normalized spacial score (nSPS) is 22.2. The molecule has 0 saturated heterocycles. The first-order chi connectivity index (χ1) is 15.6. The molecule has 0 spiro atoms. The summed E-state index contributed by atoms with van der Waals surface area (Å²) in [5, 5.41) is 22.9. The summed E-state index contributed by atoms with van der Waals surface area (Å²) in [7, 11) is 1.58. The van der Waals surface area contributed by atoms with Crippen molar-refractivity contribution in [2.45, 2.75) is 50.5 Å². The van der Waals surface area contributed by atoms with Gasteiger partial charge in [-0.1, -0.05) is 30.4 Å². The Kier molecular flexibility index (Phi) is 10.1. The Labute approximate surface area is 191 Å². The quantitative estimate of drug-likeness (QED) is 0.341. The molecule has 33 heavy (non-hydrogen) atoms. The zero-order valence-electron chi connectivity index (χ0n) is 18.4. The second-order valence-corrected chi connectivity index (χ2v) is 7.98. The molecule has 1 fully saturated rings. The number of amides is 1. The number of aliphatic hydroxyl groups excluding tert-OH is 2. The van der Waals surface area contributed by atoms with Crippen molar-refractivity contribution in [2.24, 2.45) is 11.8 Å². The van der Waals surface area contributed by atoms with Gasteiger partial charge in [-0.15, -0.1) is 0 Å². The minimum Gasteiger partial charge on any atom is -0.491 e. The highest BCUT2D eigenvalue weighted by Crippen LogP contribution is 2.34. The summed E-state index contributed by atoms with van der Waals surface area (Å²) in [4.78, 5) is 23.4. The molecule has 0 radical (unpaired) electrons. The number of rotatable bonds is 11. The largest absolute Gasteiger partial charge is 0.491 e. The van der Waals surface area contributed by atoms with Crippen LogP contribution in [0.5, 0.6) is 5.75 Å². The summed E-state index contributed by atoms with van der Waals surface area (Å²) in [5.74, 6) is -1.02. The lowest BCUT2D eigenvalue weighted by atomic mass is 9.90. The first-order valence-electron chi connectivity index (χ1n) is 10.8. The van der Waals surface area contributed by atoms with Crippen LogP contribution in [0, 0.1) is 11.8 Å². The third-order valence-corrected chi connectivity index (χ3v) is 5.48. The Morgan fingerprint density at radius 3 is 2.79 bits per heavy atom. The predicted molar refractivity (Wildman–Crippen MR) is 116 cm³/mol. The van der Waals surface area contributed by atoms with Gasteiger partial charge in [-0.3, -0.25) is 9.59 Å². The predicted octanol–water partition coefficient (Wildman–Crippen LogP) is 3.43. The van der Waals surface area contributed by atoms with Crippen molar-refractivity contribution in [1.82, 2.24) is 5.32 Å². The van der Waals surface area contributed by atoms with Gasteiger partial charge < -0.3 is 20.3 Å². The molecule has 1 saturated carbocycles. The smallest absolute Gasteiger partial charge is 0.416 e. The molecule has 1 aliphatic carbocycles. The molecule has 182 valence electrons. The van der Waals surface area contributed by atoms with Gasteiger partial charge in [-0.2, -0.15) is 13.2 Å². The molecule has 1 aromatic rings. The third-order valence-electron chi connectivity index (χ3n) is 5.48. The van der Waals surface area contributed by atoms with Gasteiger partial charge in [0.15, 0.2) is 0 Å². The number of carbonyl (C=O) groups is 2. The lowest BCUT2D eigenvalue weighted by Gasteiger charge is -2.17. The Balaban J connectivity index is 1.86. The molecule has 0 unspecified atom stereocenters. The van der Waals surface area contributed by atoms with Crippen LogP contribution < -0.4 is 10.1 Å².